The molecule has 7 heteroatoms. The molecule has 0 aliphatic carbocycles. The van der Waals surface area contributed by atoms with Crippen molar-refractivity contribution in [1.82, 2.24) is 19.5 Å². The zero-order chi connectivity index (χ0) is 20.3. The normalized spacial score (nSPS) is 11.5. The number of aromatic nitrogens is 3. The Morgan fingerprint density at radius 1 is 0.897 bits per heavy atom. The van der Waals surface area contributed by atoms with E-state index in [1.165, 1.54) is 0 Å². The number of pyridine rings is 1. The first-order valence-corrected chi connectivity index (χ1v) is 10.6. The molecule has 0 saturated carbocycles. The molecule has 0 aliphatic rings. The summed E-state index contributed by atoms with van der Waals surface area (Å²) in [5.41, 5.74) is 4.31. The average molecular weight is 404 g/mol. The molecule has 6 nitrogen and oxygen atoms in total. The summed E-state index contributed by atoms with van der Waals surface area (Å²) in [5, 5.41) is 4.13. The lowest BCUT2D eigenvalue weighted by Gasteiger charge is -2.09. The Morgan fingerprint density at radius 3 is 2.38 bits per heavy atom. The fourth-order valence-corrected chi connectivity index (χ4v) is 4.05. The van der Waals surface area contributed by atoms with Crippen molar-refractivity contribution < 1.29 is 8.42 Å². The maximum absolute atomic E-state index is 12.7. The molecule has 0 spiro atoms. The number of hydrogen-bond donors (Lipinski definition) is 1. The molecule has 146 valence electrons. The van der Waals surface area contributed by atoms with E-state index in [0.29, 0.717) is 0 Å². The third-order valence-electron chi connectivity index (χ3n) is 4.54. The molecule has 4 aromatic rings. The first-order chi connectivity index (χ1) is 14.0. The van der Waals surface area contributed by atoms with Gasteiger partial charge in [0.25, 0.3) is 0 Å². The van der Waals surface area contributed by atoms with Crippen molar-refractivity contribution in [3.05, 3.63) is 90.9 Å². The molecule has 0 amide bonds. The SMILES string of the molecule is Cn1cc(-c2ccc(CNS(=O)(=O)c3cccc(-c4ccccc4)c3)cn2)cn1. The van der Waals surface area contributed by atoms with Gasteiger partial charge in [0.15, 0.2) is 0 Å². The van der Waals surface area contributed by atoms with E-state index >= 15 is 0 Å². The molecule has 0 saturated heterocycles. The van der Waals surface area contributed by atoms with E-state index in [0.717, 1.165) is 27.9 Å². The zero-order valence-electron chi connectivity index (χ0n) is 15.9. The van der Waals surface area contributed by atoms with E-state index in [1.54, 1.807) is 35.3 Å². The van der Waals surface area contributed by atoms with E-state index in [1.807, 2.05) is 61.8 Å². The van der Waals surface area contributed by atoms with Crippen molar-refractivity contribution in [2.24, 2.45) is 7.05 Å². The second-order valence-electron chi connectivity index (χ2n) is 6.67. The van der Waals surface area contributed by atoms with Crippen LogP contribution in [0.5, 0.6) is 0 Å². The van der Waals surface area contributed by atoms with Gasteiger partial charge < -0.3 is 0 Å². The molecule has 29 heavy (non-hydrogen) atoms. The summed E-state index contributed by atoms with van der Waals surface area (Å²) in [6.45, 7) is 0.165. The predicted octanol–water partition coefficient (Wildman–Crippen LogP) is 3.63. The Bertz CT molecular complexity index is 1220. The lowest BCUT2D eigenvalue weighted by atomic mass is 10.1. The highest BCUT2D eigenvalue weighted by molar-refractivity contribution is 7.89. The summed E-state index contributed by atoms with van der Waals surface area (Å²) in [6.07, 6.45) is 5.29. The van der Waals surface area contributed by atoms with Crippen LogP contribution in [0.15, 0.2) is 90.2 Å². The molecule has 0 fully saturated rings. The standard InChI is InChI=1S/C22H20N4O2S/c1-26-16-20(15-24-26)22-11-10-17(13-23-22)14-25-29(27,28)21-9-5-8-19(12-21)18-6-3-2-4-7-18/h2-13,15-16,25H,14H2,1H3. The Labute approximate surface area is 169 Å². The topological polar surface area (TPSA) is 76.9 Å². The van der Waals surface area contributed by atoms with Gasteiger partial charge in [-0.3, -0.25) is 9.67 Å². The fourth-order valence-electron chi connectivity index (χ4n) is 2.99. The monoisotopic (exact) mass is 404 g/mol. The van der Waals surface area contributed by atoms with Crippen LogP contribution in [-0.4, -0.2) is 23.2 Å². The number of nitrogens with one attached hydrogen (secondary N) is 1. The molecule has 1 N–H and O–H groups in total. The Morgan fingerprint density at radius 2 is 1.69 bits per heavy atom. The van der Waals surface area contributed by atoms with Crippen LogP contribution in [0.25, 0.3) is 22.4 Å². The van der Waals surface area contributed by atoms with Crippen molar-refractivity contribution in [3.8, 4) is 22.4 Å². The van der Waals surface area contributed by atoms with Gasteiger partial charge in [0.05, 0.1) is 16.8 Å². The van der Waals surface area contributed by atoms with E-state index in [9.17, 15) is 8.42 Å². The molecule has 2 aromatic carbocycles. The molecule has 0 aliphatic heterocycles. The minimum Gasteiger partial charge on any atom is -0.275 e. The van der Waals surface area contributed by atoms with Crippen molar-refractivity contribution >= 4 is 10.0 Å². The minimum absolute atomic E-state index is 0.165. The predicted molar refractivity (Wildman–Crippen MR) is 112 cm³/mol. The minimum atomic E-state index is -3.64. The molecular formula is C22H20N4O2S. The second kappa shape index (κ2) is 7.98. The van der Waals surface area contributed by atoms with E-state index in [4.69, 9.17) is 0 Å². The summed E-state index contributed by atoms with van der Waals surface area (Å²) < 4.78 is 29.8. The fraction of sp³-hybridized carbons (Fsp3) is 0.0909. The second-order valence-corrected chi connectivity index (χ2v) is 8.44. The highest BCUT2D eigenvalue weighted by Crippen LogP contribution is 2.22. The largest absolute Gasteiger partial charge is 0.275 e. The number of benzene rings is 2. The molecule has 0 atom stereocenters. The van der Waals surface area contributed by atoms with E-state index < -0.39 is 10.0 Å². The Hall–Kier alpha value is -3.29. The zero-order valence-corrected chi connectivity index (χ0v) is 16.7. The molecule has 0 unspecified atom stereocenters. The van der Waals surface area contributed by atoms with Gasteiger partial charge >= 0.3 is 0 Å². The third-order valence-corrected chi connectivity index (χ3v) is 5.94. The maximum atomic E-state index is 12.7. The van der Waals surface area contributed by atoms with Gasteiger partial charge in [0.1, 0.15) is 0 Å². The van der Waals surface area contributed by atoms with Crippen molar-refractivity contribution in [2.75, 3.05) is 0 Å². The van der Waals surface area contributed by atoms with Crippen LogP contribution in [0.2, 0.25) is 0 Å². The van der Waals surface area contributed by atoms with Gasteiger partial charge in [-0.05, 0) is 34.9 Å². The van der Waals surface area contributed by atoms with Crippen LogP contribution in [0.1, 0.15) is 5.56 Å². The smallest absolute Gasteiger partial charge is 0.240 e. The summed E-state index contributed by atoms with van der Waals surface area (Å²) >= 11 is 0. The van der Waals surface area contributed by atoms with Crippen molar-refractivity contribution in [1.29, 1.82) is 0 Å². The first kappa shape index (κ1) is 19.0. The van der Waals surface area contributed by atoms with Crippen molar-refractivity contribution in [3.63, 3.8) is 0 Å². The molecule has 4 rings (SSSR count). The van der Waals surface area contributed by atoms with E-state index in [2.05, 4.69) is 14.8 Å². The first-order valence-electron chi connectivity index (χ1n) is 9.10. The lowest BCUT2D eigenvalue weighted by Crippen LogP contribution is -2.23. The lowest BCUT2D eigenvalue weighted by molar-refractivity contribution is 0.581. The summed E-state index contributed by atoms with van der Waals surface area (Å²) in [6, 6.07) is 20.3. The van der Waals surface area contributed by atoms with Gasteiger partial charge in [0, 0.05) is 31.5 Å². The van der Waals surface area contributed by atoms with Crippen molar-refractivity contribution in [2.45, 2.75) is 11.4 Å². The highest BCUT2D eigenvalue weighted by atomic mass is 32.2. The molecule has 2 heterocycles. The maximum Gasteiger partial charge on any atom is 0.240 e. The summed E-state index contributed by atoms with van der Waals surface area (Å²) in [5.74, 6) is 0. The highest BCUT2D eigenvalue weighted by Gasteiger charge is 2.15. The van der Waals surface area contributed by atoms with Crippen LogP contribution >= 0.6 is 0 Å². The quantitative estimate of drug-likeness (QED) is 0.532. The Kier molecular flexibility index (Phi) is 5.24. The number of nitrogens with zero attached hydrogens (tertiary/aromatic N) is 3. The number of rotatable bonds is 6. The number of sulfonamides is 1. The van der Waals surface area contributed by atoms with Crippen LogP contribution in [0.4, 0.5) is 0 Å². The molecule has 0 bridgehead atoms. The van der Waals surface area contributed by atoms with Crippen LogP contribution < -0.4 is 4.72 Å². The average Bonchev–Trinajstić information content (AvgIpc) is 3.20. The van der Waals surface area contributed by atoms with Crippen LogP contribution in [-0.2, 0) is 23.6 Å². The molecule has 2 aromatic heterocycles. The number of aryl methyl sites for hydroxylation is 1. The molecular weight excluding hydrogens is 384 g/mol. The van der Waals surface area contributed by atoms with Gasteiger partial charge in [0.2, 0.25) is 10.0 Å². The Balaban J connectivity index is 1.48. The van der Waals surface area contributed by atoms with Crippen LogP contribution in [0, 0.1) is 0 Å². The number of hydrogen-bond acceptors (Lipinski definition) is 4. The third kappa shape index (κ3) is 4.42. The summed E-state index contributed by atoms with van der Waals surface area (Å²) in [7, 11) is -1.79. The van der Waals surface area contributed by atoms with E-state index in [-0.39, 0.29) is 11.4 Å². The summed E-state index contributed by atoms with van der Waals surface area (Å²) in [4.78, 5) is 4.64. The van der Waals surface area contributed by atoms with Gasteiger partial charge in [-0.1, -0.05) is 48.5 Å². The van der Waals surface area contributed by atoms with Gasteiger partial charge in [-0.2, -0.15) is 5.10 Å². The molecule has 0 radical (unpaired) electrons. The van der Waals surface area contributed by atoms with Gasteiger partial charge in [-0.25, -0.2) is 13.1 Å². The van der Waals surface area contributed by atoms with Crippen LogP contribution in [0.3, 0.4) is 0 Å². The van der Waals surface area contributed by atoms with Gasteiger partial charge in [-0.15, -0.1) is 0 Å².